The van der Waals surface area contributed by atoms with Gasteiger partial charge in [-0.25, -0.2) is 0 Å². The average Bonchev–Trinajstić information content (AvgIpc) is 2.91. The van der Waals surface area contributed by atoms with Gasteiger partial charge in [0.2, 0.25) is 0 Å². The van der Waals surface area contributed by atoms with Crippen LogP contribution in [0.3, 0.4) is 0 Å². The van der Waals surface area contributed by atoms with E-state index in [1.54, 1.807) is 0 Å². The second-order valence-corrected chi connectivity index (χ2v) is 5.43. The van der Waals surface area contributed by atoms with Gasteiger partial charge in [0.1, 0.15) is 0 Å². The van der Waals surface area contributed by atoms with E-state index in [9.17, 15) is 0 Å². The largest absolute Gasteiger partial charge is 0.378 e. The summed E-state index contributed by atoms with van der Waals surface area (Å²) in [6.45, 7) is 0.893. The molecule has 18 heavy (non-hydrogen) atoms. The van der Waals surface area contributed by atoms with Crippen LogP contribution >= 0.6 is 11.6 Å². The van der Waals surface area contributed by atoms with Gasteiger partial charge in [0.25, 0.3) is 0 Å². The quantitative estimate of drug-likeness (QED) is 0.728. The van der Waals surface area contributed by atoms with E-state index in [1.165, 1.54) is 22.8 Å². The molecule has 0 bridgehead atoms. The van der Waals surface area contributed by atoms with Crippen molar-refractivity contribution in [3.8, 4) is 0 Å². The highest BCUT2D eigenvalue weighted by Crippen LogP contribution is 2.34. The van der Waals surface area contributed by atoms with Crippen molar-refractivity contribution in [2.24, 2.45) is 0 Å². The van der Waals surface area contributed by atoms with Crippen molar-refractivity contribution < 1.29 is 4.74 Å². The first-order chi connectivity index (χ1) is 8.84. The minimum Gasteiger partial charge on any atom is -0.378 e. The number of benzene rings is 2. The molecule has 0 aliphatic carbocycles. The summed E-state index contributed by atoms with van der Waals surface area (Å²) < 4.78 is 5.67. The summed E-state index contributed by atoms with van der Waals surface area (Å²) in [6.07, 6.45) is 3.57. The van der Waals surface area contributed by atoms with Crippen molar-refractivity contribution in [2.45, 2.75) is 30.7 Å². The zero-order chi connectivity index (χ0) is 12.4. The molecule has 1 aliphatic heterocycles. The molecule has 0 amide bonds. The van der Waals surface area contributed by atoms with Gasteiger partial charge in [0.15, 0.2) is 0 Å². The Kier molecular flexibility index (Phi) is 3.53. The Bertz CT molecular complexity index is 526. The highest BCUT2D eigenvalue weighted by atomic mass is 35.5. The summed E-state index contributed by atoms with van der Waals surface area (Å²) in [7, 11) is 0. The summed E-state index contributed by atoms with van der Waals surface area (Å²) in [5.74, 6) is 0. The maximum atomic E-state index is 6.59. The van der Waals surface area contributed by atoms with Crippen molar-refractivity contribution >= 4 is 22.4 Å². The molecular weight excluding hydrogens is 244 g/mol. The van der Waals surface area contributed by atoms with Crippen LogP contribution in [0.5, 0.6) is 0 Å². The maximum absolute atomic E-state index is 6.59. The molecule has 1 nitrogen and oxygen atoms in total. The normalized spacial score (nSPS) is 21.3. The van der Waals surface area contributed by atoms with Gasteiger partial charge < -0.3 is 4.74 Å². The molecule has 2 heteroatoms. The summed E-state index contributed by atoms with van der Waals surface area (Å²) in [6, 6.07) is 14.8. The molecule has 0 aromatic heterocycles. The molecule has 1 fully saturated rings. The fraction of sp³-hybridized carbons (Fsp3) is 0.375. The SMILES string of the molecule is ClC(CC1CCCO1)c1cccc2ccccc12. The lowest BCUT2D eigenvalue weighted by Crippen LogP contribution is -2.08. The van der Waals surface area contributed by atoms with Gasteiger partial charge in [-0.1, -0.05) is 42.5 Å². The Balaban J connectivity index is 1.88. The van der Waals surface area contributed by atoms with Crippen LogP contribution in [0.2, 0.25) is 0 Å². The van der Waals surface area contributed by atoms with Crippen LogP contribution in [-0.4, -0.2) is 12.7 Å². The van der Waals surface area contributed by atoms with Crippen molar-refractivity contribution in [3.05, 3.63) is 48.0 Å². The standard InChI is InChI=1S/C16H17ClO/c17-16(11-13-7-4-10-18-13)15-9-3-6-12-5-1-2-8-14(12)15/h1-3,5-6,8-9,13,16H,4,7,10-11H2. The zero-order valence-corrected chi connectivity index (χ0v) is 11.1. The van der Waals surface area contributed by atoms with Gasteiger partial charge in [0, 0.05) is 6.61 Å². The minimum absolute atomic E-state index is 0.0409. The van der Waals surface area contributed by atoms with Crippen LogP contribution in [-0.2, 0) is 4.74 Å². The van der Waals surface area contributed by atoms with Crippen molar-refractivity contribution in [1.82, 2.24) is 0 Å². The maximum Gasteiger partial charge on any atom is 0.0615 e. The molecule has 2 atom stereocenters. The van der Waals surface area contributed by atoms with E-state index in [-0.39, 0.29) is 5.38 Å². The molecule has 1 heterocycles. The Morgan fingerprint density at radius 1 is 1.17 bits per heavy atom. The fourth-order valence-electron chi connectivity index (χ4n) is 2.71. The lowest BCUT2D eigenvalue weighted by Gasteiger charge is -2.16. The summed E-state index contributed by atoms with van der Waals surface area (Å²) >= 11 is 6.59. The molecule has 1 aliphatic rings. The Hall–Kier alpha value is -1.05. The Labute approximate surface area is 113 Å². The van der Waals surface area contributed by atoms with Crippen molar-refractivity contribution in [2.75, 3.05) is 6.61 Å². The van der Waals surface area contributed by atoms with Gasteiger partial charge in [-0.3, -0.25) is 0 Å². The van der Waals surface area contributed by atoms with Crippen LogP contribution < -0.4 is 0 Å². The third-order valence-corrected chi connectivity index (χ3v) is 4.07. The first-order valence-electron chi connectivity index (χ1n) is 6.58. The first kappa shape index (κ1) is 12.0. The fourth-order valence-corrected chi connectivity index (χ4v) is 3.10. The van der Waals surface area contributed by atoms with Crippen molar-refractivity contribution in [1.29, 1.82) is 0 Å². The van der Waals surface area contributed by atoms with Gasteiger partial charge >= 0.3 is 0 Å². The third-order valence-electron chi connectivity index (χ3n) is 3.65. The van der Waals surface area contributed by atoms with Gasteiger partial charge in [0.05, 0.1) is 11.5 Å². The molecule has 94 valence electrons. The lowest BCUT2D eigenvalue weighted by molar-refractivity contribution is 0.103. The van der Waals surface area contributed by atoms with Crippen LogP contribution in [0.25, 0.3) is 10.8 Å². The Morgan fingerprint density at radius 2 is 2.00 bits per heavy atom. The van der Waals surface area contributed by atoms with Gasteiger partial charge in [-0.15, -0.1) is 11.6 Å². The van der Waals surface area contributed by atoms with Gasteiger partial charge in [-0.2, -0.15) is 0 Å². The molecule has 2 unspecified atom stereocenters. The smallest absolute Gasteiger partial charge is 0.0615 e. The number of hydrogen-bond donors (Lipinski definition) is 0. The topological polar surface area (TPSA) is 9.23 Å². The third kappa shape index (κ3) is 2.38. The number of alkyl halides is 1. The zero-order valence-electron chi connectivity index (χ0n) is 10.3. The summed E-state index contributed by atoms with van der Waals surface area (Å²) in [5, 5.41) is 2.56. The second-order valence-electron chi connectivity index (χ2n) is 4.91. The average molecular weight is 261 g/mol. The molecule has 0 N–H and O–H groups in total. The van der Waals surface area contributed by atoms with E-state index in [0.29, 0.717) is 6.10 Å². The molecular formula is C16H17ClO. The van der Waals surface area contributed by atoms with Crippen LogP contribution in [0, 0.1) is 0 Å². The van der Waals surface area contributed by atoms with E-state index < -0.39 is 0 Å². The predicted octanol–water partition coefficient (Wildman–Crippen LogP) is 4.69. The van der Waals surface area contributed by atoms with Gasteiger partial charge in [-0.05, 0) is 35.6 Å². The molecule has 0 spiro atoms. The van der Waals surface area contributed by atoms with Crippen molar-refractivity contribution in [3.63, 3.8) is 0 Å². The van der Waals surface area contributed by atoms with E-state index >= 15 is 0 Å². The number of fused-ring (bicyclic) bond motifs is 1. The van der Waals surface area contributed by atoms with E-state index in [1.807, 2.05) is 0 Å². The first-order valence-corrected chi connectivity index (χ1v) is 7.01. The molecule has 0 saturated carbocycles. The minimum atomic E-state index is 0.0409. The van der Waals surface area contributed by atoms with Crippen LogP contribution in [0.15, 0.2) is 42.5 Å². The summed E-state index contributed by atoms with van der Waals surface area (Å²) in [5.41, 5.74) is 1.23. The highest BCUT2D eigenvalue weighted by Gasteiger charge is 2.21. The number of rotatable bonds is 3. The Morgan fingerprint density at radius 3 is 2.83 bits per heavy atom. The van der Waals surface area contributed by atoms with E-state index in [0.717, 1.165) is 19.4 Å². The second kappa shape index (κ2) is 5.29. The molecule has 2 aromatic rings. The molecule has 3 rings (SSSR count). The number of hydrogen-bond acceptors (Lipinski definition) is 1. The number of halogens is 1. The molecule has 0 radical (unpaired) electrons. The predicted molar refractivity (Wildman–Crippen MR) is 76.1 cm³/mol. The number of ether oxygens (including phenoxy) is 1. The van der Waals surface area contributed by atoms with E-state index in [2.05, 4.69) is 42.5 Å². The summed E-state index contributed by atoms with van der Waals surface area (Å²) in [4.78, 5) is 0. The molecule has 2 aromatic carbocycles. The lowest BCUT2D eigenvalue weighted by atomic mass is 9.98. The highest BCUT2D eigenvalue weighted by molar-refractivity contribution is 6.21. The monoisotopic (exact) mass is 260 g/mol. The molecule has 1 saturated heterocycles. The van der Waals surface area contributed by atoms with E-state index in [4.69, 9.17) is 16.3 Å². The van der Waals surface area contributed by atoms with Crippen LogP contribution in [0.1, 0.15) is 30.2 Å². The van der Waals surface area contributed by atoms with Crippen LogP contribution in [0.4, 0.5) is 0 Å².